The maximum atomic E-state index is 13.0. The van der Waals surface area contributed by atoms with E-state index in [1.54, 1.807) is 25.1 Å². The van der Waals surface area contributed by atoms with Crippen molar-refractivity contribution < 1.29 is 28.6 Å². The van der Waals surface area contributed by atoms with E-state index in [9.17, 15) is 14.4 Å². The van der Waals surface area contributed by atoms with Crippen LogP contribution in [0.25, 0.3) is 0 Å². The number of benzene rings is 2. The van der Waals surface area contributed by atoms with E-state index in [1.165, 1.54) is 0 Å². The first-order valence-electron chi connectivity index (χ1n) is 11.4. The van der Waals surface area contributed by atoms with Crippen LogP contribution < -0.4 is 20.1 Å². The standard InChI is InChI=1S/C25H27BrN2O6/c1-2-32-25(31)17-6-4-16(5-7-17)23(29)28-20-9-8-18(26)12-19(20)24(30)27-13-15-3-10-21-22(11-15)34-14-33-21/h3,8-12,16-17H,2,4-7,13-14H2,1H3,(H,27,30)(H,28,29)/t16-,17-. The maximum absolute atomic E-state index is 13.0. The third-order valence-corrected chi connectivity index (χ3v) is 6.59. The quantitative estimate of drug-likeness (QED) is 0.513. The molecule has 2 aliphatic rings. The molecule has 2 aromatic rings. The Morgan fingerprint density at radius 2 is 1.74 bits per heavy atom. The van der Waals surface area contributed by atoms with Gasteiger partial charge >= 0.3 is 5.97 Å². The maximum Gasteiger partial charge on any atom is 0.308 e. The van der Waals surface area contributed by atoms with E-state index >= 15 is 0 Å². The number of halogens is 1. The number of hydrogen-bond acceptors (Lipinski definition) is 6. The molecule has 4 rings (SSSR count). The summed E-state index contributed by atoms with van der Waals surface area (Å²) in [4.78, 5) is 37.8. The van der Waals surface area contributed by atoms with Gasteiger partial charge in [0.25, 0.3) is 5.91 Å². The lowest BCUT2D eigenvalue weighted by Crippen LogP contribution is -2.31. The smallest absolute Gasteiger partial charge is 0.308 e. The van der Waals surface area contributed by atoms with Crippen LogP contribution >= 0.6 is 15.9 Å². The molecular formula is C25H27BrN2O6. The van der Waals surface area contributed by atoms with Crippen molar-refractivity contribution in [2.24, 2.45) is 11.8 Å². The lowest BCUT2D eigenvalue weighted by Gasteiger charge is -2.26. The zero-order valence-corrected chi connectivity index (χ0v) is 20.5. The summed E-state index contributed by atoms with van der Waals surface area (Å²) in [5.74, 6) is 0.349. The minimum Gasteiger partial charge on any atom is -0.466 e. The zero-order valence-electron chi connectivity index (χ0n) is 18.9. The van der Waals surface area contributed by atoms with E-state index in [0.29, 0.717) is 61.6 Å². The lowest BCUT2D eigenvalue weighted by molar-refractivity contribution is -0.150. The molecule has 0 spiro atoms. The van der Waals surface area contributed by atoms with Crippen molar-refractivity contribution in [1.82, 2.24) is 5.32 Å². The summed E-state index contributed by atoms with van der Waals surface area (Å²) >= 11 is 3.40. The van der Waals surface area contributed by atoms with Gasteiger partial charge in [0.2, 0.25) is 12.7 Å². The second-order valence-electron chi connectivity index (χ2n) is 8.35. The molecule has 2 amide bonds. The van der Waals surface area contributed by atoms with Gasteiger partial charge in [0.05, 0.1) is 23.8 Å². The molecule has 8 nitrogen and oxygen atoms in total. The predicted octanol–water partition coefficient (Wildman–Crippen LogP) is 4.42. The van der Waals surface area contributed by atoms with E-state index in [1.807, 2.05) is 18.2 Å². The van der Waals surface area contributed by atoms with E-state index in [2.05, 4.69) is 26.6 Å². The number of amides is 2. The Bertz CT molecular complexity index is 1080. The Kier molecular flexibility index (Phi) is 7.72. The molecule has 2 N–H and O–H groups in total. The van der Waals surface area contributed by atoms with Crippen molar-refractivity contribution in [3.8, 4) is 11.5 Å². The highest BCUT2D eigenvalue weighted by molar-refractivity contribution is 9.10. The summed E-state index contributed by atoms with van der Waals surface area (Å²) in [7, 11) is 0. The molecule has 1 fully saturated rings. The fraction of sp³-hybridized carbons (Fsp3) is 0.400. The summed E-state index contributed by atoms with van der Waals surface area (Å²) < 4.78 is 16.5. The monoisotopic (exact) mass is 530 g/mol. The van der Waals surface area contributed by atoms with Crippen LogP contribution in [0.1, 0.15) is 48.5 Å². The molecule has 1 aliphatic heterocycles. The first-order chi connectivity index (χ1) is 16.4. The highest BCUT2D eigenvalue weighted by Crippen LogP contribution is 2.33. The second kappa shape index (κ2) is 10.9. The number of esters is 1. The Morgan fingerprint density at radius 3 is 2.50 bits per heavy atom. The predicted molar refractivity (Wildman–Crippen MR) is 129 cm³/mol. The van der Waals surface area contributed by atoms with Crippen LogP contribution in [0.3, 0.4) is 0 Å². The van der Waals surface area contributed by atoms with Crippen molar-refractivity contribution in [1.29, 1.82) is 0 Å². The van der Waals surface area contributed by atoms with E-state index < -0.39 is 0 Å². The number of hydrogen-bond donors (Lipinski definition) is 2. The second-order valence-corrected chi connectivity index (χ2v) is 9.27. The van der Waals surface area contributed by atoms with Gasteiger partial charge in [-0.3, -0.25) is 14.4 Å². The van der Waals surface area contributed by atoms with Gasteiger partial charge < -0.3 is 24.8 Å². The fourth-order valence-electron chi connectivity index (χ4n) is 4.23. The van der Waals surface area contributed by atoms with Gasteiger partial charge in [-0.05, 0) is 68.5 Å². The van der Waals surface area contributed by atoms with Gasteiger partial charge in [0.15, 0.2) is 11.5 Å². The van der Waals surface area contributed by atoms with Crippen LogP contribution in [0.2, 0.25) is 0 Å². The Morgan fingerprint density at radius 1 is 1.00 bits per heavy atom. The summed E-state index contributed by atoms with van der Waals surface area (Å²) in [5, 5.41) is 5.81. The molecule has 0 aromatic heterocycles. The lowest BCUT2D eigenvalue weighted by atomic mass is 9.81. The minimum absolute atomic E-state index is 0.144. The molecule has 0 unspecified atom stereocenters. The molecule has 1 heterocycles. The van der Waals surface area contributed by atoms with Crippen molar-refractivity contribution in [2.45, 2.75) is 39.2 Å². The van der Waals surface area contributed by atoms with Crippen molar-refractivity contribution in [3.63, 3.8) is 0 Å². The Labute approximate surface area is 206 Å². The average molecular weight is 531 g/mol. The summed E-state index contributed by atoms with van der Waals surface area (Å²) in [6.07, 6.45) is 2.47. The van der Waals surface area contributed by atoms with Crippen molar-refractivity contribution >= 4 is 39.4 Å². The molecule has 0 bridgehead atoms. The van der Waals surface area contributed by atoms with E-state index in [-0.39, 0.29) is 36.4 Å². The molecule has 180 valence electrons. The van der Waals surface area contributed by atoms with Gasteiger partial charge in [-0.25, -0.2) is 0 Å². The minimum atomic E-state index is -0.305. The Hall–Kier alpha value is -3.07. The Balaban J connectivity index is 1.37. The highest BCUT2D eigenvalue weighted by Gasteiger charge is 2.31. The van der Waals surface area contributed by atoms with Crippen LogP contribution in [0.4, 0.5) is 5.69 Å². The van der Waals surface area contributed by atoms with Gasteiger partial charge in [-0.15, -0.1) is 0 Å². The normalized spacial score (nSPS) is 18.8. The van der Waals surface area contributed by atoms with E-state index in [0.717, 1.165) is 10.0 Å². The van der Waals surface area contributed by atoms with Crippen molar-refractivity contribution in [2.75, 3.05) is 18.7 Å². The SMILES string of the molecule is CCOC(=O)[C@H]1CC[C@H](C(=O)Nc2ccc(Br)cc2C(=O)NCc2ccc3c(c2)OCO3)CC1. The van der Waals surface area contributed by atoms with Gasteiger partial charge in [0, 0.05) is 16.9 Å². The summed E-state index contributed by atoms with van der Waals surface area (Å²) in [6, 6.07) is 10.7. The van der Waals surface area contributed by atoms with E-state index in [4.69, 9.17) is 14.2 Å². The number of anilines is 1. The molecular weight excluding hydrogens is 504 g/mol. The van der Waals surface area contributed by atoms with Crippen molar-refractivity contribution in [3.05, 3.63) is 52.0 Å². The van der Waals surface area contributed by atoms with Gasteiger partial charge in [-0.1, -0.05) is 22.0 Å². The number of carbonyl (C=O) groups is 3. The molecule has 2 aromatic carbocycles. The van der Waals surface area contributed by atoms with Crippen LogP contribution in [-0.4, -0.2) is 31.2 Å². The number of fused-ring (bicyclic) bond motifs is 1. The van der Waals surface area contributed by atoms with Gasteiger partial charge in [0.1, 0.15) is 0 Å². The number of rotatable bonds is 7. The average Bonchev–Trinajstić information content (AvgIpc) is 3.32. The fourth-order valence-corrected chi connectivity index (χ4v) is 4.59. The first kappa shape index (κ1) is 24.1. The summed E-state index contributed by atoms with van der Waals surface area (Å²) in [6.45, 7) is 2.64. The van der Waals surface area contributed by atoms with Crippen LogP contribution in [0.5, 0.6) is 11.5 Å². The zero-order chi connectivity index (χ0) is 24.1. The number of carbonyl (C=O) groups excluding carboxylic acids is 3. The summed E-state index contributed by atoms with van der Waals surface area (Å²) in [5.41, 5.74) is 1.68. The molecule has 34 heavy (non-hydrogen) atoms. The number of nitrogens with one attached hydrogen (secondary N) is 2. The topological polar surface area (TPSA) is 103 Å². The molecule has 0 saturated heterocycles. The molecule has 1 saturated carbocycles. The first-order valence-corrected chi connectivity index (χ1v) is 12.2. The molecule has 1 aliphatic carbocycles. The van der Waals surface area contributed by atoms with Crippen LogP contribution in [0, 0.1) is 11.8 Å². The third kappa shape index (κ3) is 5.70. The highest BCUT2D eigenvalue weighted by atomic mass is 79.9. The third-order valence-electron chi connectivity index (χ3n) is 6.09. The largest absolute Gasteiger partial charge is 0.466 e. The van der Waals surface area contributed by atoms with Crippen LogP contribution in [-0.2, 0) is 20.9 Å². The molecule has 0 atom stereocenters. The van der Waals surface area contributed by atoms with Gasteiger partial charge in [-0.2, -0.15) is 0 Å². The van der Waals surface area contributed by atoms with Crippen LogP contribution in [0.15, 0.2) is 40.9 Å². The molecule has 0 radical (unpaired) electrons. The number of ether oxygens (including phenoxy) is 3. The molecule has 9 heteroatoms.